The topological polar surface area (TPSA) is 86.3 Å². The molecule has 1 aromatic carbocycles. The minimum atomic E-state index is -0.556. The molecular weight excluding hydrogens is 318 g/mol. The highest BCUT2D eigenvalue weighted by Crippen LogP contribution is 2.28. The van der Waals surface area contributed by atoms with Gasteiger partial charge in [0.25, 0.3) is 5.91 Å². The number of amides is 1. The van der Waals surface area contributed by atoms with Gasteiger partial charge in [-0.2, -0.15) is 5.10 Å². The number of carbonyl (C=O) groups excluding carboxylic acids is 2. The lowest BCUT2D eigenvalue weighted by molar-refractivity contribution is 0.0763. The van der Waals surface area contributed by atoms with E-state index in [1.165, 1.54) is 0 Å². The van der Waals surface area contributed by atoms with Crippen molar-refractivity contribution in [3.8, 4) is 0 Å². The average Bonchev–Trinajstić information content (AvgIpc) is 3.28. The first kappa shape index (κ1) is 16.0. The number of nitrogens with zero attached hydrogens (tertiary/aromatic N) is 2. The molecule has 2 aromatic rings. The molecule has 2 N–H and O–H groups in total. The summed E-state index contributed by atoms with van der Waals surface area (Å²) >= 11 is 0. The Hall–Kier alpha value is -2.47. The van der Waals surface area contributed by atoms with Crippen molar-refractivity contribution >= 4 is 11.7 Å². The summed E-state index contributed by atoms with van der Waals surface area (Å²) in [5.74, 6) is -0.00534. The second-order valence-corrected chi connectivity index (χ2v) is 7.04. The number of aromatic amines is 1. The van der Waals surface area contributed by atoms with E-state index in [9.17, 15) is 14.7 Å². The molecule has 1 aliphatic heterocycles. The minimum Gasteiger partial charge on any atom is -0.391 e. The van der Waals surface area contributed by atoms with Gasteiger partial charge in [0.05, 0.1) is 11.8 Å². The van der Waals surface area contributed by atoms with Crippen LogP contribution in [0.2, 0.25) is 0 Å². The largest absolute Gasteiger partial charge is 0.391 e. The Kier molecular flexibility index (Phi) is 3.92. The van der Waals surface area contributed by atoms with E-state index in [0.717, 1.165) is 17.0 Å². The maximum Gasteiger partial charge on any atom is 0.254 e. The summed E-state index contributed by atoms with van der Waals surface area (Å²) in [7, 11) is 0. The predicted octanol–water partition coefficient (Wildman–Crippen LogP) is 1.52. The van der Waals surface area contributed by atoms with E-state index < -0.39 is 6.10 Å². The number of aromatic nitrogens is 2. The van der Waals surface area contributed by atoms with Crippen molar-refractivity contribution in [3.05, 3.63) is 52.3 Å². The molecule has 4 rings (SSSR count). The van der Waals surface area contributed by atoms with Gasteiger partial charge in [0, 0.05) is 42.2 Å². The summed E-state index contributed by atoms with van der Waals surface area (Å²) in [4.78, 5) is 26.5. The number of fused-ring (bicyclic) bond motifs is 1. The molecule has 1 aromatic heterocycles. The molecule has 0 spiro atoms. The molecule has 2 aliphatic rings. The molecular formula is C19H21N3O3. The van der Waals surface area contributed by atoms with Crippen molar-refractivity contribution in [1.29, 1.82) is 0 Å². The lowest BCUT2D eigenvalue weighted by Gasteiger charge is -2.18. The zero-order valence-electron chi connectivity index (χ0n) is 14.2. The van der Waals surface area contributed by atoms with Crippen LogP contribution in [0.25, 0.3) is 0 Å². The molecule has 0 saturated carbocycles. The number of aryl methyl sites for hydroxylation is 1. The summed E-state index contributed by atoms with van der Waals surface area (Å²) in [6.45, 7) is 2.77. The van der Waals surface area contributed by atoms with Crippen LogP contribution in [0, 0.1) is 12.8 Å². The van der Waals surface area contributed by atoms with Crippen LogP contribution in [0.5, 0.6) is 0 Å². The molecule has 6 heteroatoms. The van der Waals surface area contributed by atoms with Crippen molar-refractivity contribution in [1.82, 2.24) is 15.1 Å². The van der Waals surface area contributed by atoms with E-state index in [1.54, 1.807) is 23.1 Å². The van der Waals surface area contributed by atoms with Crippen LogP contribution >= 0.6 is 0 Å². The fraction of sp³-hybridized carbons (Fsp3) is 0.421. The van der Waals surface area contributed by atoms with Crippen LogP contribution in [-0.2, 0) is 12.8 Å². The molecule has 1 fully saturated rings. The Morgan fingerprint density at radius 1 is 1.36 bits per heavy atom. The Morgan fingerprint density at radius 3 is 2.96 bits per heavy atom. The molecule has 1 aliphatic carbocycles. The lowest BCUT2D eigenvalue weighted by atomic mass is 10.00. The van der Waals surface area contributed by atoms with Gasteiger partial charge in [0.15, 0.2) is 5.78 Å². The summed E-state index contributed by atoms with van der Waals surface area (Å²) in [6.07, 6.45) is 1.19. The number of likely N-dealkylation sites (tertiary alicyclic amines) is 1. The number of Topliss-reactive ketones (excluding diaryl/α,β-unsaturated/α-hetero) is 1. The van der Waals surface area contributed by atoms with E-state index in [2.05, 4.69) is 10.2 Å². The van der Waals surface area contributed by atoms with Crippen LogP contribution in [-0.4, -0.2) is 51.1 Å². The van der Waals surface area contributed by atoms with E-state index >= 15 is 0 Å². The highest BCUT2D eigenvalue weighted by atomic mass is 16.3. The van der Waals surface area contributed by atoms with Gasteiger partial charge in [-0.3, -0.25) is 14.7 Å². The smallest absolute Gasteiger partial charge is 0.254 e. The Balaban J connectivity index is 1.51. The zero-order chi connectivity index (χ0) is 17.6. The second-order valence-electron chi connectivity index (χ2n) is 7.04. The Labute approximate surface area is 145 Å². The van der Waals surface area contributed by atoms with Crippen LogP contribution < -0.4 is 0 Å². The minimum absolute atomic E-state index is 0.0231. The van der Waals surface area contributed by atoms with Crippen molar-refractivity contribution in [3.63, 3.8) is 0 Å². The van der Waals surface area contributed by atoms with Gasteiger partial charge in [0.1, 0.15) is 0 Å². The first-order chi connectivity index (χ1) is 12.0. The number of aliphatic hydroxyl groups excluding tert-OH is 1. The van der Waals surface area contributed by atoms with E-state index in [4.69, 9.17) is 0 Å². The first-order valence-corrected chi connectivity index (χ1v) is 8.66. The number of carbonyl (C=O) groups is 2. The zero-order valence-corrected chi connectivity index (χ0v) is 14.2. The van der Waals surface area contributed by atoms with Gasteiger partial charge in [-0.25, -0.2) is 0 Å². The number of H-pyrrole nitrogens is 1. The van der Waals surface area contributed by atoms with Gasteiger partial charge in [0.2, 0.25) is 0 Å². The van der Waals surface area contributed by atoms with E-state index in [-0.39, 0.29) is 17.6 Å². The number of hydrogen-bond acceptors (Lipinski definition) is 4. The van der Waals surface area contributed by atoms with Crippen LogP contribution in [0.3, 0.4) is 0 Å². The number of benzene rings is 1. The molecule has 25 heavy (non-hydrogen) atoms. The molecule has 2 atom stereocenters. The number of nitrogens with one attached hydrogen (secondary N) is 1. The molecule has 1 amide bonds. The molecule has 0 radical (unpaired) electrons. The highest BCUT2D eigenvalue weighted by Gasteiger charge is 2.36. The summed E-state index contributed by atoms with van der Waals surface area (Å²) in [5, 5.41) is 17.5. The molecule has 0 bridgehead atoms. The molecule has 6 nitrogen and oxygen atoms in total. The van der Waals surface area contributed by atoms with Gasteiger partial charge >= 0.3 is 0 Å². The number of hydrogen-bond donors (Lipinski definition) is 2. The van der Waals surface area contributed by atoms with Crippen molar-refractivity contribution in [2.75, 3.05) is 13.1 Å². The predicted molar refractivity (Wildman–Crippen MR) is 91.5 cm³/mol. The van der Waals surface area contributed by atoms with Crippen molar-refractivity contribution < 1.29 is 14.7 Å². The Morgan fingerprint density at radius 2 is 2.20 bits per heavy atom. The Bertz CT molecular complexity index is 842. The number of ketones is 1. The lowest BCUT2D eigenvalue weighted by Crippen LogP contribution is -2.30. The SMILES string of the molecule is Cc1cc(C[C@@H]2CN(C(=O)c3cccc4c3CCC4=O)C[C@@H]2O)n[nH]1. The van der Waals surface area contributed by atoms with Crippen LogP contribution in [0.1, 0.15) is 44.1 Å². The van der Waals surface area contributed by atoms with Gasteiger partial charge in [-0.1, -0.05) is 12.1 Å². The van der Waals surface area contributed by atoms with Crippen LogP contribution in [0.15, 0.2) is 24.3 Å². The number of rotatable bonds is 3. The first-order valence-electron chi connectivity index (χ1n) is 8.66. The molecule has 130 valence electrons. The number of β-amino-alcohol motifs (C(OH)–C–C–N with tert-alkyl or cyclic N) is 1. The number of aliphatic hydroxyl groups is 1. The maximum atomic E-state index is 12.9. The second kappa shape index (κ2) is 6.11. The monoisotopic (exact) mass is 339 g/mol. The maximum absolute atomic E-state index is 12.9. The fourth-order valence-electron chi connectivity index (χ4n) is 3.93. The molecule has 2 heterocycles. The standard InChI is InChI=1S/C19H21N3O3/c1-11-7-13(21-20-11)8-12-9-22(10-18(12)24)19(25)16-4-2-3-15-14(16)5-6-17(15)23/h2-4,7,12,18,24H,5-6,8-10H2,1H3,(H,20,21)/t12-,18+/m1/s1. The quantitative estimate of drug-likeness (QED) is 0.888. The summed E-state index contributed by atoms with van der Waals surface area (Å²) in [5.41, 5.74) is 4.03. The molecule has 1 saturated heterocycles. The summed E-state index contributed by atoms with van der Waals surface area (Å²) < 4.78 is 0. The average molecular weight is 339 g/mol. The third-order valence-corrected chi connectivity index (χ3v) is 5.23. The third-order valence-electron chi connectivity index (χ3n) is 5.23. The van der Waals surface area contributed by atoms with Gasteiger partial charge in [-0.15, -0.1) is 0 Å². The van der Waals surface area contributed by atoms with Gasteiger partial charge in [-0.05, 0) is 37.5 Å². The highest BCUT2D eigenvalue weighted by molar-refractivity contribution is 6.05. The molecule has 0 unspecified atom stereocenters. The van der Waals surface area contributed by atoms with E-state index in [1.807, 2.05) is 13.0 Å². The van der Waals surface area contributed by atoms with Crippen molar-refractivity contribution in [2.24, 2.45) is 5.92 Å². The van der Waals surface area contributed by atoms with E-state index in [0.29, 0.717) is 43.5 Å². The third kappa shape index (κ3) is 2.87. The van der Waals surface area contributed by atoms with Crippen LogP contribution in [0.4, 0.5) is 0 Å². The summed E-state index contributed by atoms with van der Waals surface area (Å²) in [6, 6.07) is 7.32. The van der Waals surface area contributed by atoms with Crippen molar-refractivity contribution in [2.45, 2.75) is 32.3 Å². The normalized spacial score (nSPS) is 22.5. The fourth-order valence-corrected chi connectivity index (χ4v) is 3.93. The van der Waals surface area contributed by atoms with Gasteiger partial charge < -0.3 is 10.0 Å².